The maximum atomic E-state index is 11.9. The summed E-state index contributed by atoms with van der Waals surface area (Å²) in [5, 5.41) is 9.84. The first-order chi connectivity index (χ1) is 9.52. The zero-order chi connectivity index (χ0) is 14.7. The number of aryl methyl sites for hydroxylation is 1. The third-order valence-electron chi connectivity index (χ3n) is 3.06. The Labute approximate surface area is 115 Å². The molecule has 0 atom stereocenters. The molecular formula is C14H14O6. The Balaban J connectivity index is 2.22. The van der Waals surface area contributed by atoms with Crippen molar-refractivity contribution in [2.45, 2.75) is 19.3 Å². The standard InChI is InChI=1S/C14H14O6/c1-19-14(18)12(17)7-11(16)9-6-13-8(5-10(9)15)3-2-4-20-13/h5-6,15H,2-4,7H2,1H3. The quantitative estimate of drug-likeness (QED) is 0.383. The number of fused-ring (bicyclic) bond motifs is 1. The highest BCUT2D eigenvalue weighted by atomic mass is 16.5. The van der Waals surface area contributed by atoms with Gasteiger partial charge in [-0.1, -0.05) is 0 Å². The van der Waals surface area contributed by atoms with Gasteiger partial charge >= 0.3 is 5.97 Å². The predicted octanol–water partition coefficient (Wildman–Crippen LogP) is 1.03. The van der Waals surface area contributed by atoms with Crippen LogP contribution in [-0.4, -0.2) is 36.4 Å². The summed E-state index contributed by atoms with van der Waals surface area (Å²) in [5.41, 5.74) is 0.799. The minimum Gasteiger partial charge on any atom is -0.507 e. The van der Waals surface area contributed by atoms with Crippen LogP contribution in [0.15, 0.2) is 12.1 Å². The molecular weight excluding hydrogens is 264 g/mol. The second-order valence-electron chi connectivity index (χ2n) is 4.44. The second kappa shape index (κ2) is 5.73. The Bertz CT molecular complexity index is 575. The van der Waals surface area contributed by atoms with Gasteiger partial charge in [0.1, 0.15) is 11.5 Å². The fraction of sp³-hybridized carbons (Fsp3) is 0.357. The highest BCUT2D eigenvalue weighted by molar-refractivity contribution is 6.38. The van der Waals surface area contributed by atoms with E-state index in [1.54, 1.807) is 0 Å². The molecule has 0 unspecified atom stereocenters. The van der Waals surface area contributed by atoms with E-state index in [9.17, 15) is 19.5 Å². The van der Waals surface area contributed by atoms with Crippen LogP contribution in [0.3, 0.4) is 0 Å². The first-order valence-electron chi connectivity index (χ1n) is 6.16. The summed E-state index contributed by atoms with van der Waals surface area (Å²) in [6.07, 6.45) is 0.970. The van der Waals surface area contributed by atoms with Crippen LogP contribution in [0.4, 0.5) is 0 Å². The number of Topliss-reactive ketones (excluding diaryl/α,β-unsaturated/α-hetero) is 2. The number of methoxy groups -OCH3 is 1. The van der Waals surface area contributed by atoms with E-state index in [1.807, 2.05) is 0 Å². The molecule has 106 valence electrons. The predicted molar refractivity (Wildman–Crippen MR) is 67.9 cm³/mol. The van der Waals surface area contributed by atoms with Crippen molar-refractivity contribution in [1.82, 2.24) is 0 Å². The number of ketones is 2. The number of benzene rings is 1. The van der Waals surface area contributed by atoms with E-state index < -0.39 is 24.0 Å². The molecule has 0 aromatic heterocycles. The lowest BCUT2D eigenvalue weighted by Gasteiger charge is -2.18. The summed E-state index contributed by atoms with van der Waals surface area (Å²) in [6.45, 7) is 0.548. The van der Waals surface area contributed by atoms with Crippen molar-refractivity contribution in [3.05, 3.63) is 23.3 Å². The molecule has 1 aromatic rings. The van der Waals surface area contributed by atoms with Crippen LogP contribution in [-0.2, 0) is 20.7 Å². The van der Waals surface area contributed by atoms with E-state index in [0.717, 1.165) is 25.5 Å². The van der Waals surface area contributed by atoms with Gasteiger partial charge in [-0.15, -0.1) is 0 Å². The average Bonchev–Trinajstić information content (AvgIpc) is 2.45. The fourth-order valence-electron chi connectivity index (χ4n) is 2.04. The maximum absolute atomic E-state index is 11.9. The van der Waals surface area contributed by atoms with Crippen molar-refractivity contribution >= 4 is 17.5 Å². The summed E-state index contributed by atoms with van der Waals surface area (Å²) < 4.78 is 9.64. The maximum Gasteiger partial charge on any atom is 0.374 e. The number of ether oxygens (including phenoxy) is 2. The highest BCUT2D eigenvalue weighted by Gasteiger charge is 2.23. The lowest BCUT2D eigenvalue weighted by Crippen LogP contribution is -2.19. The van der Waals surface area contributed by atoms with E-state index in [0.29, 0.717) is 12.4 Å². The van der Waals surface area contributed by atoms with E-state index in [2.05, 4.69) is 4.74 Å². The molecule has 1 N–H and O–H groups in total. The molecule has 0 fully saturated rings. The Hall–Kier alpha value is -2.37. The van der Waals surface area contributed by atoms with Gasteiger partial charge in [0, 0.05) is 0 Å². The van der Waals surface area contributed by atoms with Gasteiger partial charge in [0.25, 0.3) is 0 Å². The summed E-state index contributed by atoms with van der Waals surface area (Å²) >= 11 is 0. The first-order valence-corrected chi connectivity index (χ1v) is 6.16. The highest BCUT2D eigenvalue weighted by Crippen LogP contribution is 2.32. The van der Waals surface area contributed by atoms with Gasteiger partial charge in [-0.05, 0) is 30.5 Å². The smallest absolute Gasteiger partial charge is 0.374 e. The minimum absolute atomic E-state index is 0.0251. The molecule has 1 aliphatic rings. The number of aromatic hydroxyl groups is 1. The molecule has 1 heterocycles. The summed E-state index contributed by atoms with van der Waals surface area (Å²) in [5.74, 6) is -2.35. The van der Waals surface area contributed by atoms with Crippen molar-refractivity contribution in [3.63, 3.8) is 0 Å². The largest absolute Gasteiger partial charge is 0.507 e. The lowest BCUT2D eigenvalue weighted by molar-refractivity contribution is -0.151. The van der Waals surface area contributed by atoms with Gasteiger partial charge in [0.05, 0.1) is 25.7 Å². The first kappa shape index (κ1) is 14.0. The van der Waals surface area contributed by atoms with E-state index in [1.165, 1.54) is 12.1 Å². The Kier molecular flexibility index (Phi) is 4.02. The number of phenolic OH excluding ortho intramolecular Hbond substituents is 1. The molecule has 6 nitrogen and oxygen atoms in total. The number of esters is 1. The molecule has 0 amide bonds. The SMILES string of the molecule is COC(=O)C(=O)CC(=O)c1cc2c(cc1O)CCCO2. The molecule has 0 bridgehead atoms. The van der Waals surface area contributed by atoms with Crippen LogP contribution in [0.1, 0.15) is 28.8 Å². The lowest BCUT2D eigenvalue weighted by atomic mass is 9.99. The van der Waals surface area contributed by atoms with Crippen molar-refractivity contribution in [2.75, 3.05) is 13.7 Å². The Morgan fingerprint density at radius 2 is 2.10 bits per heavy atom. The molecule has 2 rings (SSSR count). The third-order valence-corrected chi connectivity index (χ3v) is 3.06. The third kappa shape index (κ3) is 2.79. The zero-order valence-corrected chi connectivity index (χ0v) is 11.0. The molecule has 0 radical (unpaired) electrons. The van der Waals surface area contributed by atoms with Crippen molar-refractivity contribution < 1.29 is 29.0 Å². The molecule has 0 spiro atoms. The fourth-order valence-corrected chi connectivity index (χ4v) is 2.04. The molecule has 0 aliphatic carbocycles. The van der Waals surface area contributed by atoms with Crippen LogP contribution < -0.4 is 4.74 Å². The van der Waals surface area contributed by atoms with Gasteiger partial charge in [0.15, 0.2) is 5.78 Å². The van der Waals surface area contributed by atoms with Crippen LogP contribution >= 0.6 is 0 Å². The normalized spacial score (nSPS) is 13.1. The number of carbonyl (C=O) groups excluding carboxylic acids is 3. The molecule has 0 saturated heterocycles. The van der Waals surface area contributed by atoms with E-state index in [4.69, 9.17) is 4.74 Å². The summed E-state index contributed by atoms with van der Waals surface area (Å²) in [4.78, 5) is 34.3. The van der Waals surface area contributed by atoms with Crippen molar-refractivity contribution in [2.24, 2.45) is 0 Å². The van der Waals surface area contributed by atoms with Crippen LogP contribution in [0.2, 0.25) is 0 Å². The molecule has 1 aliphatic heterocycles. The number of phenols is 1. The average molecular weight is 278 g/mol. The van der Waals surface area contributed by atoms with Crippen molar-refractivity contribution in [1.29, 1.82) is 0 Å². The van der Waals surface area contributed by atoms with Gasteiger partial charge in [-0.3, -0.25) is 9.59 Å². The van der Waals surface area contributed by atoms with Gasteiger partial charge in [-0.2, -0.15) is 0 Å². The topological polar surface area (TPSA) is 89.9 Å². The number of hydrogen-bond acceptors (Lipinski definition) is 6. The molecule has 6 heteroatoms. The Morgan fingerprint density at radius 3 is 2.80 bits per heavy atom. The second-order valence-corrected chi connectivity index (χ2v) is 4.44. The number of carbonyl (C=O) groups is 3. The van der Waals surface area contributed by atoms with Crippen molar-refractivity contribution in [3.8, 4) is 11.5 Å². The van der Waals surface area contributed by atoms with Crippen LogP contribution in [0.5, 0.6) is 11.5 Å². The van der Waals surface area contributed by atoms with Gasteiger partial charge in [0.2, 0.25) is 5.78 Å². The minimum atomic E-state index is -1.08. The number of hydrogen-bond donors (Lipinski definition) is 1. The van der Waals surface area contributed by atoms with Gasteiger partial charge in [-0.25, -0.2) is 4.79 Å². The van der Waals surface area contributed by atoms with E-state index >= 15 is 0 Å². The van der Waals surface area contributed by atoms with E-state index in [-0.39, 0.29) is 11.3 Å². The summed E-state index contributed by atoms with van der Waals surface area (Å²) in [7, 11) is 1.06. The summed E-state index contributed by atoms with van der Waals surface area (Å²) in [6, 6.07) is 2.88. The number of rotatable bonds is 4. The van der Waals surface area contributed by atoms with Crippen LogP contribution in [0, 0.1) is 0 Å². The monoisotopic (exact) mass is 278 g/mol. The van der Waals surface area contributed by atoms with Crippen LogP contribution in [0.25, 0.3) is 0 Å². The van der Waals surface area contributed by atoms with Gasteiger partial charge < -0.3 is 14.6 Å². The molecule has 0 saturated carbocycles. The zero-order valence-electron chi connectivity index (χ0n) is 11.0. The Morgan fingerprint density at radius 1 is 1.35 bits per heavy atom. The molecule has 20 heavy (non-hydrogen) atoms. The molecule has 1 aromatic carbocycles.